The van der Waals surface area contributed by atoms with E-state index in [9.17, 15) is 5.11 Å². The summed E-state index contributed by atoms with van der Waals surface area (Å²) in [5.74, 6) is 4.06. The number of nitrogens with zero attached hydrogens (tertiary/aromatic N) is 5. The van der Waals surface area contributed by atoms with Crippen LogP contribution in [0.2, 0.25) is 0 Å². The van der Waals surface area contributed by atoms with Gasteiger partial charge in [0.25, 0.3) is 0 Å². The fourth-order valence-electron chi connectivity index (χ4n) is 4.49. The second kappa shape index (κ2) is 10.6. The molecule has 0 radical (unpaired) electrons. The molecule has 10 heteroatoms. The Kier molecular flexibility index (Phi) is 7.12. The largest absolute Gasteiger partial charge is 0.491 e. The van der Waals surface area contributed by atoms with Crippen LogP contribution in [0.15, 0.2) is 36.7 Å². The van der Waals surface area contributed by atoms with Gasteiger partial charge in [-0.2, -0.15) is 0 Å². The Morgan fingerprint density at radius 3 is 3.03 bits per heavy atom. The summed E-state index contributed by atoms with van der Waals surface area (Å²) in [6, 6.07) is 7.94. The molecule has 1 unspecified atom stereocenters. The summed E-state index contributed by atoms with van der Waals surface area (Å²) in [6.45, 7) is 6.59. The number of likely N-dealkylation sites (N-methyl/N-ethyl adjacent to an activating group) is 1. The molecule has 10 nitrogen and oxygen atoms in total. The molecule has 186 valence electrons. The smallest absolute Gasteiger partial charge is 0.164 e. The van der Waals surface area contributed by atoms with E-state index in [-0.39, 0.29) is 12.6 Å². The minimum atomic E-state index is -0.582. The van der Waals surface area contributed by atoms with Crippen molar-refractivity contribution < 1.29 is 14.6 Å². The zero-order valence-corrected chi connectivity index (χ0v) is 20.3. The molecule has 0 amide bonds. The minimum absolute atomic E-state index is 0.208. The quantitative estimate of drug-likeness (QED) is 0.423. The van der Waals surface area contributed by atoms with Crippen LogP contribution in [0.3, 0.4) is 0 Å². The van der Waals surface area contributed by atoms with E-state index in [0.717, 1.165) is 54.7 Å². The van der Waals surface area contributed by atoms with E-state index in [1.54, 1.807) is 7.05 Å². The Balaban J connectivity index is 1.46. The van der Waals surface area contributed by atoms with Crippen LogP contribution in [0, 0.1) is 6.92 Å². The minimum Gasteiger partial charge on any atom is -0.491 e. The number of anilines is 2. The van der Waals surface area contributed by atoms with E-state index in [1.165, 1.54) is 0 Å². The van der Waals surface area contributed by atoms with Crippen molar-refractivity contribution in [3.8, 4) is 17.1 Å². The fraction of sp³-hybridized carbons (Fsp3) is 0.480. The number of nitrogens with one attached hydrogen (secondary N) is 2. The molecule has 4 heterocycles. The molecule has 2 aliphatic rings. The standard InChI is InChI=1S/C25H33N7O3/c1-17-23(28-19-6-11-34-15-19)29-24(18-4-3-5-21(12-18)35-16-20(33)13-26-2)30-25(17)32-10-9-31-8-7-27-22(31)14-32/h3-5,7-8,12,19-20,26,33H,6,9-11,13-16H2,1-2H3,(H,28,29,30)/t19-,20?/m1/s1. The number of benzene rings is 1. The lowest BCUT2D eigenvalue weighted by Crippen LogP contribution is -2.35. The zero-order chi connectivity index (χ0) is 24.2. The van der Waals surface area contributed by atoms with Crippen molar-refractivity contribution in [1.29, 1.82) is 0 Å². The second-order valence-corrected chi connectivity index (χ2v) is 9.06. The molecule has 0 saturated carbocycles. The molecule has 35 heavy (non-hydrogen) atoms. The van der Waals surface area contributed by atoms with Crippen LogP contribution in [0.5, 0.6) is 5.75 Å². The lowest BCUT2D eigenvalue weighted by atomic mass is 10.1. The van der Waals surface area contributed by atoms with Crippen LogP contribution in [-0.2, 0) is 17.8 Å². The van der Waals surface area contributed by atoms with Crippen molar-refractivity contribution in [2.45, 2.75) is 38.6 Å². The molecular weight excluding hydrogens is 446 g/mol. The fourth-order valence-corrected chi connectivity index (χ4v) is 4.49. The van der Waals surface area contributed by atoms with Gasteiger partial charge < -0.3 is 34.7 Å². The monoisotopic (exact) mass is 479 g/mol. The zero-order valence-electron chi connectivity index (χ0n) is 20.3. The van der Waals surface area contributed by atoms with Gasteiger partial charge in [0.15, 0.2) is 5.82 Å². The Hall–Kier alpha value is -3.21. The maximum Gasteiger partial charge on any atom is 0.164 e. The Bertz CT molecular complexity index is 1150. The van der Waals surface area contributed by atoms with Crippen LogP contribution in [-0.4, -0.2) is 76.7 Å². The predicted molar refractivity (Wildman–Crippen MR) is 134 cm³/mol. The van der Waals surface area contributed by atoms with Gasteiger partial charge in [-0.05, 0) is 32.5 Å². The van der Waals surface area contributed by atoms with Crippen molar-refractivity contribution >= 4 is 11.6 Å². The molecule has 0 aliphatic carbocycles. The number of fused-ring (bicyclic) bond motifs is 1. The summed E-state index contributed by atoms with van der Waals surface area (Å²) in [5, 5.41) is 16.5. The van der Waals surface area contributed by atoms with Crippen molar-refractivity contribution in [2.24, 2.45) is 0 Å². The molecule has 0 spiro atoms. The molecule has 1 aromatic carbocycles. The van der Waals surface area contributed by atoms with Gasteiger partial charge in [0.05, 0.1) is 19.2 Å². The van der Waals surface area contributed by atoms with E-state index >= 15 is 0 Å². The van der Waals surface area contributed by atoms with Gasteiger partial charge in [-0.15, -0.1) is 0 Å². The first kappa shape index (κ1) is 23.5. The molecule has 3 aromatic rings. The molecule has 1 fully saturated rings. The van der Waals surface area contributed by atoms with Crippen molar-refractivity contribution in [3.63, 3.8) is 0 Å². The van der Waals surface area contributed by atoms with E-state index in [4.69, 9.17) is 19.4 Å². The summed E-state index contributed by atoms with van der Waals surface area (Å²) >= 11 is 0. The van der Waals surface area contributed by atoms with Crippen molar-refractivity contribution in [3.05, 3.63) is 48.0 Å². The number of aliphatic hydroxyl groups is 1. The predicted octanol–water partition coefficient (Wildman–Crippen LogP) is 1.83. The Morgan fingerprint density at radius 2 is 2.20 bits per heavy atom. The third-order valence-electron chi connectivity index (χ3n) is 6.41. The molecule has 2 aliphatic heterocycles. The number of aromatic nitrogens is 4. The first-order valence-electron chi connectivity index (χ1n) is 12.1. The van der Waals surface area contributed by atoms with Crippen LogP contribution in [0.1, 0.15) is 17.8 Å². The number of rotatable bonds is 9. The van der Waals surface area contributed by atoms with E-state index < -0.39 is 6.10 Å². The van der Waals surface area contributed by atoms with Gasteiger partial charge >= 0.3 is 0 Å². The molecule has 2 atom stereocenters. The molecule has 2 aromatic heterocycles. The number of aliphatic hydroxyl groups excluding tert-OH is 1. The topological polar surface area (TPSA) is 110 Å². The van der Waals surface area contributed by atoms with E-state index in [1.807, 2.05) is 36.7 Å². The van der Waals surface area contributed by atoms with E-state index in [2.05, 4.69) is 32.0 Å². The number of ether oxygens (including phenoxy) is 2. The first-order valence-corrected chi connectivity index (χ1v) is 12.1. The molecule has 3 N–H and O–H groups in total. The molecule has 5 rings (SSSR count). The highest BCUT2D eigenvalue weighted by molar-refractivity contribution is 5.67. The van der Waals surface area contributed by atoms with E-state index in [0.29, 0.717) is 31.3 Å². The second-order valence-electron chi connectivity index (χ2n) is 9.06. The first-order chi connectivity index (χ1) is 17.1. The maximum atomic E-state index is 9.99. The van der Waals surface area contributed by atoms with Crippen LogP contribution < -0.4 is 20.3 Å². The van der Waals surface area contributed by atoms with Crippen molar-refractivity contribution in [1.82, 2.24) is 24.8 Å². The third-order valence-corrected chi connectivity index (χ3v) is 6.41. The summed E-state index contributed by atoms with van der Waals surface area (Å²) in [7, 11) is 1.80. The number of hydrogen-bond acceptors (Lipinski definition) is 9. The molecule has 0 bridgehead atoms. The SMILES string of the molecule is CNCC(O)COc1cccc(-c2nc(N[C@@H]3CCOC3)c(C)c(N3CCn4ccnc4C3)n2)c1. The Morgan fingerprint density at radius 1 is 1.29 bits per heavy atom. The highest BCUT2D eigenvalue weighted by atomic mass is 16.5. The summed E-state index contributed by atoms with van der Waals surface area (Å²) in [5.41, 5.74) is 1.87. The van der Waals surface area contributed by atoms with Gasteiger partial charge in [-0.1, -0.05) is 12.1 Å². The normalized spacial score (nSPS) is 18.4. The van der Waals surface area contributed by atoms with Crippen molar-refractivity contribution in [2.75, 3.05) is 50.2 Å². The van der Waals surface area contributed by atoms with Gasteiger partial charge in [-0.25, -0.2) is 15.0 Å². The highest BCUT2D eigenvalue weighted by Gasteiger charge is 2.24. The average Bonchev–Trinajstić information content (AvgIpc) is 3.56. The number of imidazole rings is 1. The molecular formula is C25H33N7O3. The van der Waals surface area contributed by atoms with Gasteiger partial charge in [0.1, 0.15) is 35.9 Å². The highest BCUT2D eigenvalue weighted by Crippen LogP contribution is 2.31. The summed E-state index contributed by atoms with van der Waals surface area (Å²) in [4.78, 5) is 16.7. The van der Waals surface area contributed by atoms with Gasteiger partial charge in [0.2, 0.25) is 0 Å². The molecule has 1 saturated heterocycles. The Labute approximate surface area is 205 Å². The number of hydrogen-bond donors (Lipinski definition) is 3. The lowest BCUT2D eigenvalue weighted by molar-refractivity contribution is 0.108. The average molecular weight is 480 g/mol. The van der Waals surface area contributed by atoms with Gasteiger partial charge in [0, 0.05) is 49.8 Å². The summed E-state index contributed by atoms with van der Waals surface area (Å²) in [6.07, 6.45) is 4.25. The van der Waals surface area contributed by atoms with Crippen LogP contribution in [0.25, 0.3) is 11.4 Å². The summed E-state index contributed by atoms with van der Waals surface area (Å²) < 4.78 is 13.6. The van der Waals surface area contributed by atoms with Crippen LogP contribution >= 0.6 is 0 Å². The van der Waals surface area contributed by atoms with Crippen LogP contribution in [0.4, 0.5) is 11.6 Å². The third kappa shape index (κ3) is 5.39. The lowest BCUT2D eigenvalue weighted by Gasteiger charge is -2.30. The maximum absolute atomic E-state index is 9.99. The van der Waals surface area contributed by atoms with Gasteiger partial charge in [-0.3, -0.25) is 0 Å².